The number of hydrogen-bond donors (Lipinski definition) is 1. The highest BCUT2D eigenvalue weighted by molar-refractivity contribution is 6.37. The lowest BCUT2D eigenvalue weighted by atomic mass is 10.2. The van der Waals surface area contributed by atoms with Gasteiger partial charge in [0.2, 0.25) is 5.82 Å². The van der Waals surface area contributed by atoms with Crippen molar-refractivity contribution in [3.05, 3.63) is 28.0 Å². The molecule has 5 nitrogen and oxygen atoms in total. The standard InChI is InChI=1S/C11H11Cl2N3O2/c1-5(17-2)10-15-11(18-16-10)8-6(12)3-4-7(13)9(8)14/h3-5H,14H2,1-2H3. The number of halogens is 2. The van der Waals surface area contributed by atoms with E-state index in [4.69, 9.17) is 38.2 Å². The van der Waals surface area contributed by atoms with Gasteiger partial charge in [-0.15, -0.1) is 0 Å². The molecule has 0 bridgehead atoms. The Hall–Kier alpha value is -1.30. The Morgan fingerprint density at radius 2 is 2.00 bits per heavy atom. The van der Waals surface area contributed by atoms with Crippen LogP contribution in [0.1, 0.15) is 18.9 Å². The maximum Gasteiger partial charge on any atom is 0.261 e. The van der Waals surface area contributed by atoms with Gasteiger partial charge < -0.3 is 15.0 Å². The third-order valence-electron chi connectivity index (χ3n) is 2.51. The van der Waals surface area contributed by atoms with Gasteiger partial charge in [0.25, 0.3) is 5.89 Å². The van der Waals surface area contributed by atoms with Gasteiger partial charge in [0, 0.05) is 7.11 Å². The van der Waals surface area contributed by atoms with Crippen LogP contribution < -0.4 is 5.73 Å². The fourth-order valence-electron chi connectivity index (χ4n) is 1.39. The number of ether oxygens (including phenoxy) is 1. The molecular formula is C11H11Cl2N3O2. The minimum atomic E-state index is -0.276. The molecule has 0 saturated carbocycles. The molecule has 0 aliphatic rings. The minimum Gasteiger partial charge on any atom is -0.397 e. The molecule has 0 aliphatic carbocycles. The van der Waals surface area contributed by atoms with Crippen LogP contribution in [0.25, 0.3) is 11.5 Å². The first-order valence-corrected chi connectivity index (χ1v) is 5.90. The summed E-state index contributed by atoms with van der Waals surface area (Å²) in [5, 5.41) is 4.59. The van der Waals surface area contributed by atoms with Gasteiger partial charge in [-0.05, 0) is 19.1 Å². The number of aromatic nitrogens is 2. The number of benzene rings is 1. The van der Waals surface area contributed by atoms with Crippen LogP contribution in [-0.2, 0) is 4.74 Å². The molecule has 1 heterocycles. The summed E-state index contributed by atoms with van der Waals surface area (Å²) in [4.78, 5) is 4.19. The van der Waals surface area contributed by atoms with Crippen molar-refractivity contribution in [2.24, 2.45) is 0 Å². The third kappa shape index (κ3) is 2.29. The van der Waals surface area contributed by atoms with Crippen molar-refractivity contribution in [3.63, 3.8) is 0 Å². The van der Waals surface area contributed by atoms with Gasteiger partial charge in [0.15, 0.2) is 0 Å². The van der Waals surface area contributed by atoms with E-state index < -0.39 is 0 Å². The van der Waals surface area contributed by atoms with Crippen molar-refractivity contribution >= 4 is 28.9 Å². The van der Waals surface area contributed by atoms with Crippen molar-refractivity contribution in [2.45, 2.75) is 13.0 Å². The lowest BCUT2D eigenvalue weighted by Crippen LogP contribution is -1.98. The lowest BCUT2D eigenvalue weighted by molar-refractivity contribution is 0.109. The maximum atomic E-state index is 6.06. The topological polar surface area (TPSA) is 74.2 Å². The van der Waals surface area contributed by atoms with Crippen LogP contribution in [0.3, 0.4) is 0 Å². The Morgan fingerprint density at radius 3 is 2.67 bits per heavy atom. The van der Waals surface area contributed by atoms with E-state index in [-0.39, 0.29) is 12.0 Å². The molecule has 96 valence electrons. The van der Waals surface area contributed by atoms with Gasteiger partial charge in [0.1, 0.15) is 6.10 Å². The second-order valence-electron chi connectivity index (χ2n) is 3.65. The fourth-order valence-corrected chi connectivity index (χ4v) is 1.79. The maximum absolute atomic E-state index is 6.06. The van der Waals surface area contributed by atoms with Crippen LogP contribution in [0.15, 0.2) is 16.7 Å². The minimum absolute atomic E-state index is 0.221. The molecule has 7 heteroatoms. The molecule has 0 saturated heterocycles. The molecule has 1 aromatic heterocycles. The second kappa shape index (κ2) is 5.14. The van der Waals surface area contributed by atoms with Gasteiger partial charge in [-0.3, -0.25) is 0 Å². The highest BCUT2D eigenvalue weighted by atomic mass is 35.5. The van der Waals surface area contributed by atoms with Gasteiger partial charge in [0.05, 0.1) is 21.3 Å². The largest absolute Gasteiger partial charge is 0.397 e. The molecule has 0 amide bonds. The van der Waals surface area contributed by atoms with Crippen molar-refractivity contribution in [3.8, 4) is 11.5 Å². The quantitative estimate of drug-likeness (QED) is 0.877. The summed E-state index contributed by atoms with van der Waals surface area (Å²) in [6.45, 7) is 1.80. The zero-order valence-electron chi connectivity index (χ0n) is 9.78. The molecule has 1 unspecified atom stereocenters. The Balaban J connectivity index is 2.49. The predicted octanol–water partition coefficient (Wildman–Crippen LogP) is 3.33. The van der Waals surface area contributed by atoms with Gasteiger partial charge >= 0.3 is 0 Å². The Kier molecular flexibility index (Phi) is 3.75. The van der Waals surface area contributed by atoms with Gasteiger partial charge in [-0.25, -0.2) is 0 Å². The summed E-state index contributed by atoms with van der Waals surface area (Å²) < 4.78 is 10.2. The number of methoxy groups -OCH3 is 1. The second-order valence-corrected chi connectivity index (χ2v) is 4.47. The normalized spacial score (nSPS) is 12.7. The molecule has 1 atom stereocenters. The van der Waals surface area contributed by atoms with E-state index in [1.807, 2.05) is 0 Å². The zero-order valence-corrected chi connectivity index (χ0v) is 11.3. The molecule has 0 fully saturated rings. The van der Waals surface area contributed by atoms with Crippen LogP contribution in [0.2, 0.25) is 10.0 Å². The third-order valence-corrected chi connectivity index (χ3v) is 3.16. The lowest BCUT2D eigenvalue weighted by Gasteiger charge is -2.05. The van der Waals surface area contributed by atoms with Crippen LogP contribution in [0.4, 0.5) is 5.69 Å². The highest BCUT2D eigenvalue weighted by Crippen LogP contribution is 2.37. The van der Waals surface area contributed by atoms with E-state index in [9.17, 15) is 0 Å². The number of anilines is 1. The van der Waals surface area contributed by atoms with Gasteiger partial charge in [-0.1, -0.05) is 28.4 Å². The molecule has 0 spiro atoms. The van der Waals surface area contributed by atoms with Crippen LogP contribution >= 0.6 is 23.2 Å². The number of rotatable bonds is 3. The van der Waals surface area contributed by atoms with E-state index in [0.29, 0.717) is 27.1 Å². The monoisotopic (exact) mass is 287 g/mol. The van der Waals surface area contributed by atoms with Crippen LogP contribution in [-0.4, -0.2) is 17.3 Å². The van der Waals surface area contributed by atoms with E-state index in [1.54, 1.807) is 26.2 Å². The van der Waals surface area contributed by atoms with Crippen LogP contribution in [0.5, 0.6) is 0 Å². The summed E-state index contributed by atoms with van der Waals surface area (Å²) in [5.41, 5.74) is 6.60. The Morgan fingerprint density at radius 1 is 1.33 bits per heavy atom. The van der Waals surface area contributed by atoms with Crippen molar-refractivity contribution in [2.75, 3.05) is 12.8 Å². The number of nitrogens with two attached hydrogens (primary N) is 1. The first-order chi connectivity index (χ1) is 8.54. The molecule has 2 N–H and O–H groups in total. The Bertz CT molecular complexity index is 571. The Labute approximate surface area is 114 Å². The first-order valence-electron chi connectivity index (χ1n) is 5.14. The van der Waals surface area contributed by atoms with E-state index in [2.05, 4.69) is 10.1 Å². The summed E-state index contributed by atoms with van der Waals surface area (Å²) in [6.07, 6.45) is -0.276. The molecule has 2 rings (SSSR count). The summed E-state index contributed by atoms with van der Waals surface area (Å²) in [7, 11) is 1.56. The first kappa shape index (κ1) is 13.1. The van der Waals surface area contributed by atoms with Gasteiger partial charge in [-0.2, -0.15) is 4.98 Å². The highest BCUT2D eigenvalue weighted by Gasteiger charge is 2.19. The average molecular weight is 288 g/mol. The molecule has 1 aromatic carbocycles. The fraction of sp³-hybridized carbons (Fsp3) is 0.273. The molecule has 0 radical (unpaired) electrons. The van der Waals surface area contributed by atoms with E-state index >= 15 is 0 Å². The van der Waals surface area contributed by atoms with Crippen molar-refractivity contribution < 1.29 is 9.26 Å². The molecule has 0 aliphatic heterocycles. The van der Waals surface area contributed by atoms with E-state index in [0.717, 1.165) is 0 Å². The predicted molar refractivity (Wildman–Crippen MR) is 69.6 cm³/mol. The zero-order chi connectivity index (χ0) is 13.3. The number of nitrogen functional groups attached to an aromatic ring is 1. The number of nitrogens with zero attached hydrogens (tertiary/aromatic N) is 2. The van der Waals surface area contributed by atoms with Crippen LogP contribution in [0, 0.1) is 0 Å². The average Bonchev–Trinajstić information content (AvgIpc) is 2.83. The summed E-state index contributed by atoms with van der Waals surface area (Å²) >= 11 is 12.0. The smallest absolute Gasteiger partial charge is 0.261 e. The molecule has 2 aromatic rings. The molecular weight excluding hydrogens is 277 g/mol. The SMILES string of the molecule is COC(C)c1noc(-c2c(Cl)ccc(Cl)c2N)n1. The van der Waals surface area contributed by atoms with E-state index in [1.165, 1.54) is 0 Å². The summed E-state index contributed by atoms with van der Waals surface area (Å²) in [6, 6.07) is 3.23. The summed E-state index contributed by atoms with van der Waals surface area (Å²) in [5.74, 6) is 0.641. The number of hydrogen-bond acceptors (Lipinski definition) is 5. The van der Waals surface area contributed by atoms with Crippen molar-refractivity contribution in [1.29, 1.82) is 0 Å². The molecule has 18 heavy (non-hydrogen) atoms. The van der Waals surface area contributed by atoms with Crippen molar-refractivity contribution in [1.82, 2.24) is 10.1 Å².